The fourth-order valence-corrected chi connectivity index (χ4v) is 6.43. The Bertz CT molecular complexity index is 1850. The normalized spacial score (nSPS) is 12.0. The van der Waals surface area contributed by atoms with Crippen molar-refractivity contribution in [2.45, 2.75) is 59.3 Å². The topological polar surface area (TPSA) is 58.2 Å². The molecule has 0 aliphatic rings. The van der Waals surface area contributed by atoms with E-state index in [0.717, 1.165) is 33.5 Å². The summed E-state index contributed by atoms with van der Waals surface area (Å²) in [7, 11) is 0. The van der Waals surface area contributed by atoms with E-state index in [1.165, 1.54) is 27.8 Å². The van der Waals surface area contributed by atoms with E-state index in [1.807, 2.05) is 36.4 Å². The van der Waals surface area contributed by atoms with E-state index in [-0.39, 0.29) is 17.2 Å². The average Bonchev–Trinajstić information content (AvgIpc) is 3.06. The van der Waals surface area contributed by atoms with Crippen molar-refractivity contribution in [2.24, 2.45) is 0 Å². The number of anilines is 1. The summed E-state index contributed by atoms with van der Waals surface area (Å²) >= 11 is 4.17. The van der Waals surface area contributed by atoms with Gasteiger partial charge >= 0.3 is 0 Å². The second kappa shape index (κ2) is 15.1. The third-order valence-electron chi connectivity index (χ3n) is 8.89. The number of nitrogens with one attached hydrogen (secondary N) is 2. The number of aryl methyl sites for hydroxylation is 3. The molecule has 0 aromatic heterocycles. The van der Waals surface area contributed by atoms with Crippen molar-refractivity contribution in [3.05, 3.63) is 148 Å². The zero-order chi connectivity index (χ0) is 34.4. The summed E-state index contributed by atoms with van der Waals surface area (Å²) in [4.78, 5) is 26.5. The largest absolute Gasteiger partial charge is 0.351 e. The smallest absolute Gasteiger partial charge is 0.251 e. The van der Waals surface area contributed by atoms with Gasteiger partial charge in [0.25, 0.3) is 5.91 Å². The number of carbonyl (C=O) groups is 2. The lowest BCUT2D eigenvalue weighted by atomic mass is 9.86. The molecule has 0 aliphatic heterocycles. The van der Waals surface area contributed by atoms with Crippen LogP contribution in [0.5, 0.6) is 0 Å². The van der Waals surface area contributed by atoms with Crippen LogP contribution in [0.2, 0.25) is 0 Å². The SMILES string of the molecule is Cc1cc(C)c(-c2ccc(NC(=O)C(Cc3ccc(C(=O)NCCS)cc3)c3ccc(-c4ccc(C(C)(C)C)cc4)cc3)cc2)c(C)c1. The molecular weight excluding hydrogens is 609 g/mol. The van der Waals surface area contributed by atoms with Gasteiger partial charge in [-0.15, -0.1) is 0 Å². The Labute approximate surface area is 291 Å². The minimum Gasteiger partial charge on any atom is -0.351 e. The van der Waals surface area contributed by atoms with Gasteiger partial charge in [-0.25, -0.2) is 0 Å². The molecule has 5 heteroatoms. The van der Waals surface area contributed by atoms with Gasteiger partial charge in [-0.2, -0.15) is 12.6 Å². The van der Waals surface area contributed by atoms with Gasteiger partial charge in [0.2, 0.25) is 5.91 Å². The molecule has 0 fully saturated rings. The zero-order valence-corrected chi connectivity index (χ0v) is 29.7. The van der Waals surface area contributed by atoms with Crippen molar-refractivity contribution in [3.8, 4) is 22.3 Å². The van der Waals surface area contributed by atoms with Crippen LogP contribution in [0.3, 0.4) is 0 Å². The summed E-state index contributed by atoms with van der Waals surface area (Å²) in [5.41, 5.74) is 13.0. The van der Waals surface area contributed by atoms with Gasteiger partial charge in [0.1, 0.15) is 0 Å². The Balaban J connectivity index is 1.40. The van der Waals surface area contributed by atoms with Crippen molar-refractivity contribution in [1.29, 1.82) is 0 Å². The fraction of sp³-hybridized carbons (Fsp3) is 0.256. The van der Waals surface area contributed by atoms with Crippen LogP contribution in [0.15, 0.2) is 109 Å². The highest BCUT2D eigenvalue weighted by Gasteiger charge is 2.22. The lowest BCUT2D eigenvalue weighted by Gasteiger charge is -2.20. The number of hydrogen-bond acceptors (Lipinski definition) is 3. The highest BCUT2D eigenvalue weighted by atomic mass is 32.1. The summed E-state index contributed by atoms with van der Waals surface area (Å²) in [5, 5.41) is 6.04. The summed E-state index contributed by atoms with van der Waals surface area (Å²) in [5.74, 6) is -0.0680. The lowest BCUT2D eigenvalue weighted by molar-refractivity contribution is -0.117. The quantitative estimate of drug-likeness (QED) is 0.131. The Kier molecular flexibility index (Phi) is 10.9. The number of amides is 2. The molecule has 246 valence electrons. The van der Waals surface area contributed by atoms with Gasteiger partial charge in [0, 0.05) is 23.5 Å². The molecule has 0 bridgehead atoms. The Morgan fingerprint density at radius 3 is 1.79 bits per heavy atom. The maximum absolute atomic E-state index is 14.0. The molecule has 0 heterocycles. The van der Waals surface area contributed by atoms with E-state index in [2.05, 4.69) is 138 Å². The standard InChI is InChI=1S/C43H46N2O2S/c1-28-25-29(2)40(30(3)26-28)35-17-21-38(22-18-35)45-42(47)39(27-31-7-9-36(10-8-31)41(46)44-23-24-48)34-13-11-32(12-14-34)33-15-19-37(20-16-33)43(4,5)6/h7-22,25-26,39,48H,23-24,27H2,1-6H3,(H,44,46)(H,45,47). The molecule has 1 unspecified atom stereocenters. The van der Waals surface area contributed by atoms with Crippen molar-refractivity contribution in [2.75, 3.05) is 17.6 Å². The second-order valence-corrected chi connectivity index (χ2v) is 14.2. The van der Waals surface area contributed by atoms with Crippen LogP contribution in [0.4, 0.5) is 5.69 Å². The molecule has 0 saturated carbocycles. The molecule has 2 N–H and O–H groups in total. The zero-order valence-electron chi connectivity index (χ0n) is 28.9. The highest BCUT2D eigenvalue weighted by molar-refractivity contribution is 7.80. The van der Waals surface area contributed by atoms with Crippen molar-refractivity contribution < 1.29 is 9.59 Å². The van der Waals surface area contributed by atoms with Crippen molar-refractivity contribution in [1.82, 2.24) is 5.32 Å². The number of carbonyl (C=O) groups excluding carboxylic acids is 2. The first kappa shape index (κ1) is 34.7. The molecule has 48 heavy (non-hydrogen) atoms. The Morgan fingerprint density at radius 2 is 1.25 bits per heavy atom. The first-order valence-corrected chi connectivity index (χ1v) is 17.2. The third-order valence-corrected chi connectivity index (χ3v) is 9.11. The van der Waals surface area contributed by atoms with Crippen LogP contribution in [0.1, 0.15) is 70.4 Å². The number of benzene rings is 5. The summed E-state index contributed by atoms with van der Waals surface area (Å²) in [6, 6.07) is 37.0. The summed E-state index contributed by atoms with van der Waals surface area (Å²) in [6.45, 7) is 13.6. The van der Waals surface area contributed by atoms with Crippen LogP contribution in [-0.4, -0.2) is 24.1 Å². The minimum absolute atomic E-state index is 0.0803. The number of hydrogen-bond donors (Lipinski definition) is 3. The van der Waals surface area contributed by atoms with Gasteiger partial charge in [-0.3, -0.25) is 9.59 Å². The molecule has 1 atom stereocenters. The molecule has 0 saturated heterocycles. The van der Waals surface area contributed by atoms with Crippen LogP contribution in [0, 0.1) is 20.8 Å². The fourth-order valence-electron chi connectivity index (χ4n) is 6.32. The van der Waals surface area contributed by atoms with Gasteiger partial charge < -0.3 is 10.6 Å². The van der Waals surface area contributed by atoms with E-state index in [1.54, 1.807) is 0 Å². The van der Waals surface area contributed by atoms with E-state index in [0.29, 0.717) is 24.3 Å². The van der Waals surface area contributed by atoms with E-state index < -0.39 is 5.92 Å². The van der Waals surface area contributed by atoms with Crippen LogP contribution < -0.4 is 10.6 Å². The van der Waals surface area contributed by atoms with Gasteiger partial charge in [-0.1, -0.05) is 111 Å². The molecule has 0 spiro atoms. The molecule has 5 rings (SSSR count). The molecule has 4 nitrogen and oxygen atoms in total. The van der Waals surface area contributed by atoms with Crippen LogP contribution >= 0.6 is 12.6 Å². The minimum atomic E-state index is -0.438. The third kappa shape index (κ3) is 8.45. The lowest BCUT2D eigenvalue weighted by Crippen LogP contribution is -2.25. The van der Waals surface area contributed by atoms with Gasteiger partial charge in [-0.05, 0) is 107 Å². The first-order chi connectivity index (χ1) is 22.9. The predicted molar refractivity (Wildman–Crippen MR) is 204 cm³/mol. The van der Waals surface area contributed by atoms with E-state index >= 15 is 0 Å². The maximum Gasteiger partial charge on any atom is 0.251 e. The molecule has 5 aromatic rings. The summed E-state index contributed by atoms with van der Waals surface area (Å²) < 4.78 is 0. The van der Waals surface area contributed by atoms with E-state index in [9.17, 15) is 9.59 Å². The highest BCUT2D eigenvalue weighted by Crippen LogP contribution is 2.31. The molecular formula is C43H46N2O2S. The average molecular weight is 655 g/mol. The predicted octanol–water partition coefficient (Wildman–Crippen LogP) is 9.87. The molecule has 0 aliphatic carbocycles. The molecule has 2 amide bonds. The van der Waals surface area contributed by atoms with Crippen molar-refractivity contribution >= 4 is 30.1 Å². The number of thiol groups is 1. The molecule has 0 radical (unpaired) electrons. The number of rotatable bonds is 10. The first-order valence-electron chi connectivity index (χ1n) is 16.6. The Morgan fingerprint density at radius 1 is 0.708 bits per heavy atom. The van der Waals surface area contributed by atoms with Crippen molar-refractivity contribution in [3.63, 3.8) is 0 Å². The Hall–Kier alpha value is -4.61. The summed E-state index contributed by atoms with van der Waals surface area (Å²) in [6.07, 6.45) is 0.490. The van der Waals surface area contributed by atoms with E-state index in [4.69, 9.17) is 0 Å². The maximum atomic E-state index is 14.0. The van der Waals surface area contributed by atoms with Crippen LogP contribution in [-0.2, 0) is 16.6 Å². The van der Waals surface area contributed by atoms with Gasteiger partial charge in [0.05, 0.1) is 5.92 Å². The second-order valence-electron chi connectivity index (χ2n) is 13.7. The van der Waals surface area contributed by atoms with Gasteiger partial charge in [0.15, 0.2) is 0 Å². The molecule has 5 aromatic carbocycles. The monoisotopic (exact) mass is 654 g/mol. The van der Waals surface area contributed by atoms with Crippen LogP contribution in [0.25, 0.3) is 22.3 Å².